The molecule has 0 saturated carbocycles. The number of likely N-dealkylation sites (N-methyl/N-ethyl adjacent to an activating group) is 1. The number of unbranched alkanes of at least 4 members (excludes halogenated alkanes) is 2. The van der Waals surface area contributed by atoms with Crippen LogP contribution < -0.4 is 21.5 Å². The van der Waals surface area contributed by atoms with Crippen molar-refractivity contribution in [2.75, 3.05) is 52.7 Å². The molecule has 0 spiro atoms. The predicted molar refractivity (Wildman–Crippen MR) is 252 cm³/mol. The summed E-state index contributed by atoms with van der Waals surface area (Å²) in [5.74, 6) is -1.32. The van der Waals surface area contributed by atoms with Crippen molar-refractivity contribution in [3.63, 3.8) is 0 Å². The van der Waals surface area contributed by atoms with Gasteiger partial charge < -0.3 is 34.9 Å². The number of nitrogens with one attached hydrogen (secondary N) is 4. The lowest BCUT2D eigenvalue weighted by Gasteiger charge is -2.40. The van der Waals surface area contributed by atoms with Gasteiger partial charge in [0.05, 0.1) is 6.04 Å². The second kappa shape index (κ2) is 28.8. The van der Waals surface area contributed by atoms with Crippen LogP contribution >= 0.6 is 23.1 Å². The largest absolute Gasteiger partial charge is 0.508 e. The van der Waals surface area contributed by atoms with Crippen molar-refractivity contribution in [1.82, 2.24) is 36.3 Å². The Kier molecular flexibility index (Phi) is 24.5. The maximum Gasteiger partial charge on any atom is 0.426 e. The van der Waals surface area contributed by atoms with Crippen molar-refractivity contribution in [3.8, 4) is 5.75 Å². The van der Waals surface area contributed by atoms with E-state index in [-0.39, 0.29) is 66.9 Å². The Labute approximate surface area is 389 Å². The Morgan fingerprint density at radius 3 is 2.38 bits per heavy atom. The SMILES string of the molecule is CCCCCOCN(C(=O)[C@@H](NC(=O)[C@H]1CCCCN1C)C(C)CC)[C@H](C[C@@H](OC)c1nc(C(=O)N[C@@H](Cc2ccc(O)cc2)C[C@H](C)C(=O)NNC(=O)OCCSC)cs1)C(C)C. The van der Waals surface area contributed by atoms with E-state index in [1.807, 2.05) is 41.0 Å². The summed E-state index contributed by atoms with van der Waals surface area (Å²) in [5, 5.41) is 18.3. The molecule has 1 saturated heterocycles. The van der Waals surface area contributed by atoms with Gasteiger partial charge in [-0.25, -0.2) is 15.2 Å². The first-order valence-corrected chi connectivity index (χ1v) is 25.1. The summed E-state index contributed by atoms with van der Waals surface area (Å²) < 4.78 is 17.3. The van der Waals surface area contributed by atoms with Gasteiger partial charge in [-0.05, 0) is 81.5 Å². The molecule has 1 fully saturated rings. The van der Waals surface area contributed by atoms with E-state index >= 15 is 0 Å². The first kappa shape index (κ1) is 54.4. The number of nitrogens with zero attached hydrogens (tertiary/aromatic N) is 3. The van der Waals surface area contributed by atoms with Crippen molar-refractivity contribution in [2.45, 2.75) is 136 Å². The zero-order chi connectivity index (χ0) is 47.2. The van der Waals surface area contributed by atoms with Gasteiger partial charge in [-0.3, -0.25) is 29.5 Å². The van der Waals surface area contributed by atoms with Gasteiger partial charge in [-0.1, -0.05) is 79.4 Å². The van der Waals surface area contributed by atoms with E-state index < -0.39 is 42.0 Å². The number of carbonyl (C=O) groups excluding carboxylic acids is 5. The van der Waals surface area contributed by atoms with E-state index in [1.165, 1.54) is 23.1 Å². The number of methoxy groups -OCH3 is 1. The molecule has 0 radical (unpaired) electrons. The van der Waals surface area contributed by atoms with Crippen molar-refractivity contribution in [2.24, 2.45) is 17.8 Å². The number of benzene rings is 1. The van der Waals surface area contributed by atoms with Gasteiger partial charge in [0.25, 0.3) is 5.91 Å². The second-order valence-corrected chi connectivity index (χ2v) is 19.1. The number of phenolic OH excluding ortho intramolecular Hbond substituents is 1. The average molecular weight is 934 g/mol. The highest BCUT2D eigenvalue weighted by Gasteiger charge is 2.38. The number of amides is 5. The van der Waals surface area contributed by atoms with E-state index in [0.717, 1.165) is 50.6 Å². The van der Waals surface area contributed by atoms with Crippen molar-refractivity contribution < 1.29 is 43.3 Å². The number of piperidine rings is 1. The van der Waals surface area contributed by atoms with Gasteiger partial charge in [0, 0.05) is 49.3 Å². The molecule has 1 aliphatic heterocycles. The molecule has 5 amide bonds. The lowest BCUT2D eigenvalue weighted by molar-refractivity contribution is -0.149. The summed E-state index contributed by atoms with van der Waals surface area (Å²) in [5.41, 5.74) is 5.66. The molecular formula is C46H75N7O9S2. The highest BCUT2D eigenvalue weighted by molar-refractivity contribution is 7.98. The first-order chi connectivity index (χ1) is 30.6. The molecule has 1 aromatic carbocycles. The van der Waals surface area contributed by atoms with Crippen LogP contribution in [0.5, 0.6) is 5.75 Å². The molecule has 1 unspecified atom stereocenters. The number of rotatable bonds is 27. The van der Waals surface area contributed by atoms with Gasteiger partial charge in [-0.15, -0.1) is 11.3 Å². The number of hydrogen-bond donors (Lipinski definition) is 5. The molecule has 360 valence electrons. The predicted octanol–water partition coefficient (Wildman–Crippen LogP) is 6.45. The number of likely N-dealkylation sites (tertiary alicyclic amines) is 1. The van der Waals surface area contributed by atoms with Crippen LogP contribution in [0.2, 0.25) is 0 Å². The van der Waals surface area contributed by atoms with Crippen LogP contribution in [0.1, 0.15) is 126 Å². The van der Waals surface area contributed by atoms with E-state index in [9.17, 15) is 29.1 Å². The zero-order valence-corrected chi connectivity index (χ0v) is 41.1. The summed E-state index contributed by atoms with van der Waals surface area (Å²) in [6.07, 6.45) is 7.80. The van der Waals surface area contributed by atoms with E-state index in [1.54, 1.807) is 48.6 Å². The van der Waals surface area contributed by atoms with Crippen molar-refractivity contribution >= 4 is 52.8 Å². The fourth-order valence-electron chi connectivity index (χ4n) is 7.67. The quantitative estimate of drug-likeness (QED) is 0.0373. The zero-order valence-electron chi connectivity index (χ0n) is 39.5. The fraction of sp³-hybridized carbons (Fsp3) is 0.696. The number of aromatic hydroxyl groups is 1. The van der Waals surface area contributed by atoms with Crippen molar-refractivity contribution in [3.05, 3.63) is 45.9 Å². The third kappa shape index (κ3) is 17.8. The van der Waals surface area contributed by atoms with Gasteiger partial charge in [0.15, 0.2) is 0 Å². The number of carbonyl (C=O) groups is 5. The number of phenols is 1. The number of ether oxygens (including phenoxy) is 3. The smallest absolute Gasteiger partial charge is 0.426 e. The molecule has 5 N–H and O–H groups in total. The molecule has 0 bridgehead atoms. The van der Waals surface area contributed by atoms with Crippen LogP contribution in [0, 0.1) is 17.8 Å². The van der Waals surface area contributed by atoms with Crippen LogP contribution in [-0.4, -0.2) is 126 Å². The van der Waals surface area contributed by atoms with Crippen LogP contribution in [0.3, 0.4) is 0 Å². The Morgan fingerprint density at radius 1 is 1.00 bits per heavy atom. The summed E-state index contributed by atoms with van der Waals surface area (Å²) in [7, 11) is 3.54. The highest BCUT2D eigenvalue weighted by Crippen LogP contribution is 2.31. The van der Waals surface area contributed by atoms with Gasteiger partial charge >= 0.3 is 6.09 Å². The Bertz CT molecular complexity index is 1730. The van der Waals surface area contributed by atoms with Crippen LogP contribution in [-0.2, 0) is 35.0 Å². The topological polar surface area (TPSA) is 201 Å². The Balaban J connectivity index is 1.84. The molecular weight excluding hydrogens is 859 g/mol. The van der Waals surface area contributed by atoms with Gasteiger partial charge in [0.2, 0.25) is 17.7 Å². The summed E-state index contributed by atoms with van der Waals surface area (Å²) >= 11 is 2.80. The molecule has 2 heterocycles. The van der Waals surface area contributed by atoms with E-state index in [2.05, 4.69) is 33.3 Å². The molecule has 2 aromatic rings. The fourth-order valence-corrected chi connectivity index (χ4v) is 8.80. The normalized spacial score (nSPS) is 17.1. The summed E-state index contributed by atoms with van der Waals surface area (Å²) in [4.78, 5) is 76.1. The number of aromatic nitrogens is 1. The number of hydrogen-bond acceptors (Lipinski definition) is 13. The minimum Gasteiger partial charge on any atom is -0.508 e. The molecule has 1 aliphatic rings. The maximum absolute atomic E-state index is 14.8. The van der Waals surface area contributed by atoms with E-state index in [4.69, 9.17) is 19.2 Å². The number of thiazole rings is 1. The number of hydrazine groups is 1. The average Bonchev–Trinajstić information content (AvgIpc) is 3.77. The lowest BCUT2D eigenvalue weighted by Crippen LogP contribution is -2.59. The standard InChI is InChI=1S/C46H75N7O9S2/c1-10-12-15-22-61-29-53(45(58)40(31(5)11-2)49-43(57)37-16-13-14-21-52(37)7)38(30(3)4)27-39(60-8)44-48-36(28-64-44)42(56)47-34(26-33-17-19-35(54)20-18-33)25-32(6)41(55)50-51-46(59)62-23-24-63-9/h17-20,28,30-32,34,37-40,54H,10-16,21-27,29H2,1-9H3,(H,47,56)(H,49,57)(H,50,55)(H,51,59)/t31?,32-,34+,37+,38+,39+,40-/m0/s1. The first-order valence-electron chi connectivity index (χ1n) is 22.8. The highest BCUT2D eigenvalue weighted by atomic mass is 32.2. The molecule has 3 rings (SSSR count). The minimum absolute atomic E-state index is 0.0396. The second-order valence-electron chi connectivity index (χ2n) is 17.2. The Morgan fingerprint density at radius 2 is 1.73 bits per heavy atom. The molecule has 16 nitrogen and oxygen atoms in total. The van der Waals surface area contributed by atoms with E-state index in [0.29, 0.717) is 36.6 Å². The number of thioether (sulfide) groups is 1. The minimum atomic E-state index is -0.770. The molecule has 7 atom stereocenters. The maximum atomic E-state index is 14.8. The lowest BCUT2D eigenvalue weighted by atomic mass is 9.92. The van der Waals surface area contributed by atoms with Gasteiger partial charge in [0.1, 0.15) is 41.9 Å². The summed E-state index contributed by atoms with van der Waals surface area (Å²) in [6.45, 7) is 13.5. The third-order valence-electron chi connectivity index (χ3n) is 11.8. The van der Waals surface area contributed by atoms with Crippen LogP contribution in [0.4, 0.5) is 4.79 Å². The monoisotopic (exact) mass is 934 g/mol. The van der Waals surface area contributed by atoms with Crippen LogP contribution in [0.15, 0.2) is 29.6 Å². The molecule has 1 aromatic heterocycles. The van der Waals surface area contributed by atoms with Gasteiger partial charge in [-0.2, -0.15) is 11.8 Å². The van der Waals surface area contributed by atoms with Crippen molar-refractivity contribution in [1.29, 1.82) is 0 Å². The Hall–Kier alpha value is -3.97. The summed E-state index contributed by atoms with van der Waals surface area (Å²) in [6, 6.07) is 4.66. The third-order valence-corrected chi connectivity index (χ3v) is 13.4. The molecule has 18 heteroatoms. The molecule has 64 heavy (non-hydrogen) atoms. The molecule has 0 aliphatic carbocycles. The van der Waals surface area contributed by atoms with Crippen LogP contribution in [0.25, 0.3) is 0 Å².